The van der Waals surface area contributed by atoms with E-state index in [1.807, 2.05) is 0 Å². The molecule has 0 aliphatic heterocycles. The van der Waals surface area contributed by atoms with Gasteiger partial charge in [0.25, 0.3) is 0 Å². The number of benzene rings is 1. The molecule has 0 aliphatic rings. The van der Waals surface area contributed by atoms with Gasteiger partial charge in [-0.05, 0) is 19.1 Å². The average Bonchev–Trinajstić information content (AvgIpc) is 2.53. The molecule has 0 spiro atoms. The maximum Gasteiger partial charge on any atom is 0.154 e. The highest BCUT2D eigenvalue weighted by Crippen LogP contribution is 2.27. The summed E-state index contributed by atoms with van der Waals surface area (Å²) in [4.78, 5) is 11.0. The molecule has 0 N–H and O–H groups in total. The molecule has 0 bridgehead atoms. The third-order valence-corrected chi connectivity index (χ3v) is 2.57. The normalized spacial score (nSPS) is 10.6. The van der Waals surface area contributed by atoms with Crippen LogP contribution in [-0.2, 0) is 7.05 Å². The summed E-state index contributed by atoms with van der Waals surface area (Å²) >= 11 is 0. The topological polar surface area (TPSA) is 34.9 Å². The van der Waals surface area contributed by atoms with E-state index in [-0.39, 0.29) is 5.56 Å². The van der Waals surface area contributed by atoms with Gasteiger partial charge in [0.2, 0.25) is 0 Å². The van der Waals surface area contributed by atoms with Crippen LogP contribution in [0.25, 0.3) is 11.3 Å². The van der Waals surface area contributed by atoms with Crippen molar-refractivity contribution >= 4 is 6.29 Å². The molecule has 3 nitrogen and oxygen atoms in total. The number of aromatic nitrogens is 2. The molecule has 0 unspecified atom stereocenters. The molecule has 1 aromatic heterocycles. The van der Waals surface area contributed by atoms with Crippen LogP contribution in [-0.4, -0.2) is 16.1 Å². The van der Waals surface area contributed by atoms with Gasteiger partial charge in [0.05, 0.1) is 17.0 Å². The van der Waals surface area contributed by atoms with E-state index in [4.69, 9.17) is 0 Å². The fourth-order valence-corrected chi connectivity index (χ4v) is 1.82. The lowest BCUT2D eigenvalue weighted by atomic mass is 10.1. The molecule has 0 atom stereocenters. The predicted molar refractivity (Wildman–Crippen MR) is 58.7 cm³/mol. The highest BCUT2D eigenvalue weighted by Gasteiger charge is 2.17. The number of hydrogen-bond acceptors (Lipinski definition) is 2. The Balaban J connectivity index is 2.72. The Morgan fingerprint density at radius 2 is 2.06 bits per heavy atom. The zero-order valence-electron chi connectivity index (χ0n) is 9.37. The first-order valence-electron chi connectivity index (χ1n) is 4.98. The van der Waals surface area contributed by atoms with Crippen molar-refractivity contribution in [1.29, 1.82) is 0 Å². The summed E-state index contributed by atoms with van der Waals surface area (Å²) in [6.45, 7) is 1.66. The quantitative estimate of drug-likeness (QED) is 0.751. The van der Waals surface area contributed by atoms with Crippen LogP contribution in [0.2, 0.25) is 0 Å². The van der Waals surface area contributed by atoms with Crippen molar-refractivity contribution in [2.24, 2.45) is 7.05 Å². The van der Waals surface area contributed by atoms with Gasteiger partial charge in [-0.1, -0.05) is 0 Å². The van der Waals surface area contributed by atoms with Gasteiger partial charge in [-0.2, -0.15) is 5.10 Å². The second-order valence-electron chi connectivity index (χ2n) is 3.71. The number of aldehydes is 1. The summed E-state index contributed by atoms with van der Waals surface area (Å²) in [7, 11) is 1.61. The van der Waals surface area contributed by atoms with Crippen LogP contribution in [0.5, 0.6) is 0 Å². The second-order valence-corrected chi connectivity index (χ2v) is 3.71. The molecule has 17 heavy (non-hydrogen) atoms. The number of rotatable bonds is 2. The minimum Gasteiger partial charge on any atom is -0.298 e. The van der Waals surface area contributed by atoms with E-state index in [0.29, 0.717) is 23.2 Å². The average molecular weight is 236 g/mol. The molecule has 1 heterocycles. The maximum absolute atomic E-state index is 13.6. The molecule has 0 fully saturated rings. The summed E-state index contributed by atoms with van der Waals surface area (Å²) in [5.41, 5.74) is 1.35. The van der Waals surface area contributed by atoms with Gasteiger partial charge in [-0.3, -0.25) is 9.48 Å². The van der Waals surface area contributed by atoms with Crippen LogP contribution in [0, 0.1) is 18.6 Å². The van der Waals surface area contributed by atoms with Gasteiger partial charge in [0.15, 0.2) is 6.29 Å². The third-order valence-electron chi connectivity index (χ3n) is 2.57. The Morgan fingerprint density at radius 3 is 2.65 bits per heavy atom. The minimum absolute atomic E-state index is 0.164. The van der Waals surface area contributed by atoms with Crippen LogP contribution in [0.1, 0.15) is 16.1 Å². The van der Waals surface area contributed by atoms with Crippen molar-refractivity contribution in [3.05, 3.63) is 41.1 Å². The van der Waals surface area contributed by atoms with Gasteiger partial charge in [0.1, 0.15) is 11.6 Å². The lowest BCUT2D eigenvalue weighted by molar-refractivity contribution is 0.112. The van der Waals surface area contributed by atoms with Crippen molar-refractivity contribution in [3.63, 3.8) is 0 Å². The van der Waals surface area contributed by atoms with E-state index in [0.717, 1.165) is 12.1 Å². The standard InChI is InChI=1S/C12H10F2N2O/c1-7-10(6-17)12(16(2)15-7)9-4-3-8(13)5-11(9)14/h3-6H,1-2H3. The molecular formula is C12H10F2N2O. The van der Waals surface area contributed by atoms with Crippen LogP contribution >= 0.6 is 0 Å². The Bertz CT molecular complexity index is 590. The molecule has 5 heteroatoms. The van der Waals surface area contributed by atoms with E-state index >= 15 is 0 Å². The largest absolute Gasteiger partial charge is 0.298 e. The number of hydrogen-bond donors (Lipinski definition) is 0. The minimum atomic E-state index is -0.712. The molecule has 0 aliphatic carbocycles. The van der Waals surface area contributed by atoms with Gasteiger partial charge < -0.3 is 0 Å². The van der Waals surface area contributed by atoms with E-state index in [1.54, 1.807) is 14.0 Å². The fraction of sp³-hybridized carbons (Fsp3) is 0.167. The predicted octanol–water partition coefficient (Wildman–Crippen LogP) is 2.49. The number of nitrogens with zero attached hydrogens (tertiary/aromatic N) is 2. The lowest BCUT2D eigenvalue weighted by Gasteiger charge is -2.05. The summed E-state index contributed by atoms with van der Waals surface area (Å²) in [6, 6.07) is 3.23. The third kappa shape index (κ3) is 1.84. The summed E-state index contributed by atoms with van der Waals surface area (Å²) < 4.78 is 27.9. The molecule has 0 saturated carbocycles. The molecule has 0 amide bonds. The van der Waals surface area contributed by atoms with Crippen molar-refractivity contribution < 1.29 is 13.6 Å². The molecule has 1 aromatic carbocycles. The van der Waals surface area contributed by atoms with Crippen molar-refractivity contribution in [2.45, 2.75) is 6.92 Å². The molecule has 0 saturated heterocycles. The molecular weight excluding hydrogens is 226 g/mol. The smallest absolute Gasteiger partial charge is 0.154 e. The van der Waals surface area contributed by atoms with Gasteiger partial charge in [0, 0.05) is 18.7 Å². The SMILES string of the molecule is Cc1nn(C)c(-c2ccc(F)cc2F)c1C=O. The van der Waals surface area contributed by atoms with E-state index < -0.39 is 11.6 Å². The maximum atomic E-state index is 13.6. The van der Waals surface area contributed by atoms with E-state index in [2.05, 4.69) is 5.10 Å². The van der Waals surface area contributed by atoms with E-state index in [1.165, 1.54) is 10.7 Å². The van der Waals surface area contributed by atoms with Crippen LogP contribution in [0.15, 0.2) is 18.2 Å². The molecule has 0 radical (unpaired) electrons. The number of carbonyl (C=O) groups excluding carboxylic acids is 1. The first kappa shape index (κ1) is 11.4. The first-order valence-corrected chi connectivity index (χ1v) is 4.98. The highest BCUT2D eigenvalue weighted by molar-refractivity contribution is 5.87. The number of aryl methyl sites for hydroxylation is 2. The summed E-state index contributed by atoms with van der Waals surface area (Å²) in [5, 5.41) is 4.05. The van der Waals surface area contributed by atoms with Gasteiger partial charge in [-0.25, -0.2) is 8.78 Å². The monoisotopic (exact) mass is 236 g/mol. The number of halogens is 2. The van der Waals surface area contributed by atoms with Crippen LogP contribution in [0.4, 0.5) is 8.78 Å². The van der Waals surface area contributed by atoms with Crippen molar-refractivity contribution in [2.75, 3.05) is 0 Å². The summed E-state index contributed by atoms with van der Waals surface area (Å²) in [5.74, 6) is -1.37. The van der Waals surface area contributed by atoms with Gasteiger partial charge >= 0.3 is 0 Å². The summed E-state index contributed by atoms with van der Waals surface area (Å²) in [6.07, 6.45) is 0.625. The van der Waals surface area contributed by atoms with E-state index in [9.17, 15) is 13.6 Å². The zero-order valence-corrected chi connectivity index (χ0v) is 9.37. The lowest BCUT2D eigenvalue weighted by Crippen LogP contribution is -1.98. The van der Waals surface area contributed by atoms with Crippen molar-refractivity contribution in [3.8, 4) is 11.3 Å². The second kappa shape index (κ2) is 4.08. The Labute approximate surface area is 96.7 Å². The van der Waals surface area contributed by atoms with Crippen LogP contribution in [0.3, 0.4) is 0 Å². The molecule has 88 valence electrons. The Kier molecular flexibility index (Phi) is 2.75. The number of carbonyl (C=O) groups is 1. The Morgan fingerprint density at radius 1 is 1.35 bits per heavy atom. The van der Waals surface area contributed by atoms with Gasteiger partial charge in [-0.15, -0.1) is 0 Å². The Hall–Kier alpha value is -2.04. The van der Waals surface area contributed by atoms with Crippen LogP contribution < -0.4 is 0 Å². The fourth-order valence-electron chi connectivity index (χ4n) is 1.82. The molecule has 2 aromatic rings. The zero-order chi connectivity index (χ0) is 12.6. The molecule has 2 rings (SSSR count). The van der Waals surface area contributed by atoms with Crippen molar-refractivity contribution in [1.82, 2.24) is 9.78 Å². The first-order chi connectivity index (χ1) is 8.04. The highest BCUT2D eigenvalue weighted by atomic mass is 19.1.